The molecule has 3 atom stereocenters. The van der Waals surface area contributed by atoms with Crippen molar-refractivity contribution in [2.75, 3.05) is 98.2 Å². The van der Waals surface area contributed by atoms with Crippen molar-refractivity contribution in [2.45, 2.75) is 106 Å². The number of aliphatic carboxylic acids is 3. The lowest BCUT2D eigenvalue weighted by Crippen LogP contribution is -2.50. The Kier molecular flexibility index (Phi) is 20.3. The van der Waals surface area contributed by atoms with Gasteiger partial charge in [-0.05, 0) is 87.5 Å². The van der Waals surface area contributed by atoms with Gasteiger partial charge in [-0.1, -0.05) is 40.0 Å². The average Bonchev–Trinajstić information content (AvgIpc) is 4.14. The SMILES string of the molecule is CCCCCCOC(C)C1=C(C)C2=NC1=CC1=NC(=CC3=C(C)C4=C(O)CC(=C5NC(=C2)C(C)[C@@H]5CCC(=O)NCCNC(=O)CN2CCN(CC(=O)O)CCN(CC(=O)O)CCN(CC(=O)O)CC2)C4=N3)C(CC)=C1C. The van der Waals surface area contributed by atoms with Crippen LogP contribution in [0.5, 0.6) is 0 Å². The van der Waals surface area contributed by atoms with Crippen molar-refractivity contribution < 1.29 is 49.1 Å². The highest BCUT2D eigenvalue weighted by Crippen LogP contribution is 2.46. The van der Waals surface area contributed by atoms with E-state index in [0.717, 1.165) is 110 Å². The molecule has 2 unspecified atom stereocenters. The maximum Gasteiger partial charge on any atom is 0.317 e. The van der Waals surface area contributed by atoms with E-state index in [9.17, 15) is 44.4 Å². The lowest BCUT2D eigenvalue weighted by molar-refractivity contribution is -0.140. The molecule has 6 aliphatic heterocycles. The average molecular weight is 1070 g/mol. The molecule has 77 heavy (non-hydrogen) atoms. The summed E-state index contributed by atoms with van der Waals surface area (Å²) in [6, 6.07) is 0. The zero-order chi connectivity index (χ0) is 55.5. The normalized spacial score (nSPS) is 22.3. The molecule has 7 aliphatic rings. The fraction of sp³-hybridized carbons (Fsp3) is 0.579. The summed E-state index contributed by atoms with van der Waals surface area (Å²) in [7, 11) is 0. The Morgan fingerprint density at radius 3 is 1.84 bits per heavy atom. The fourth-order valence-corrected chi connectivity index (χ4v) is 11.3. The maximum atomic E-state index is 13.7. The Morgan fingerprint density at radius 1 is 0.714 bits per heavy atom. The highest BCUT2D eigenvalue weighted by molar-refractivity contribution is 6.21. The van der Waals surface area contributed by atoms with E-state index < -0.39 is 17.9 Å². The molecular formula is C57H80N10O10. The third-order valence-electron chi connectivity index (χ3n) is 15.7. The quantitative estimate of drug-likeness (QED) is 0.0694. The van der Waals surface area contributed by atoms with E-state index in [1.54, 1.807) is 14.7 Å². The molecule has 2 saturated heterocycles. The number of aliphatic imine (C=N–C) groups is 3. The predicted molar refractivity (Wildman–Crippen MR) is 296 cm³/mol. The van der Waals surface area contributed by atoms with Gasteiger partial charge in [0.2, 0.25) is 11.8 Å². The van der Waals surface area contributed by atoms with Crippen LogP contribution in [0.3, 0.4) is 0 Å². The van der Waals surface area contributed by atoms with Gasteiger partial charge in [0, 0.05) is 125 Å². The van der Waals surface area contributed by atoms with Crippen molar-refractivity contribution >= 4 is 46.9 Å². The van der Waals surface area contributed by atoms with Gasteiger partial charge in [0.1, 0.15) is 5.76 Å². The van der Waals surface area contributed by atoms with Crippen LogP contribution in [0.15, 0.2) is 106 Å². The minimum atomic E-state index is -1.03. The van der Waals surface area contributed by atoms with Gasteiger partial charge in [-0.2, -0.15) is 0 Å². The van der Waals surface area contributed by atoms with E-state index in [4.69, 9.17) is 19.7 Å². The number of hydrogen-bond acceptors (Lipinski definition) is 15. The predicted octanol–water partition coefficient (Wildman–Crippen LogP) is 5.13. The summed E-state index contributed by atoms with van der Waals surface area (Å²) in [6.07, 6.45) is 12.2. The number of carbonyl (C=O) groups excluding carboxylic acids is 2. The van der Waals surface area contributed by atoms with Crippen molar-refractivity contribution in [3.8, 4) is 0 Å². The summed E-state index contributed by atoms with van der Waals surface area (Å²) in [5.41, 5.74) is 13.5. The van der Waals surface area contributed by atoms with Crippen LogP contribution < -0.4 is 16.0 Å². The number of carboxylic acid groups (broad SMARTS) is 3. The molecule has 8 bridgehead atoms. The Bertz CT molecular complexity index is 2670. The Balaban J connectivity index is 1.05. The van der Waals surface area contributed by atoms with Gasteiger partial charge in [0.15, 0.2) is 0 Å². The van der Waals surface area contributed by atoms with Gasteiger partial charge in [0.25, 0.3) is 0 Å². The number of aliphatic hydroxyl groups excluding tert-OH is 1. The summed E-state index contributed by atoms with van der Waals surface area (Å²) in [6.45, 7) is 17.3. The van der Waals surface area contributed by atoms with E-state index in [1.165, 1.54) is 6.42 Å². The minimum Gasteiger partial charge on any atom is -0.511 e. The molecule has 7 N–H and O–H groups in total. The topological polar surface area (TPSA) is 262 Å². The Labute approximate surface area is 452 Å². The molecule has 418 valence electrons. The first-order chi connectivity index (χ1) is 36.8. The van der Waals surface area contributed by atoms with Crippen LogP contribution in [0, 0.1) is 11.8 Å². The maximum absolute atomic E-state index is 13.7. The number of carbonyl (C=O) groups is 5. The third kappa shape index (κ3) is 14.8. The van der Waals surface area contributed by atoms with Gasteiger partial charge in [-0.3, -0.25) is 43.6 Å². The number of allylic oxidation sites excluding steroid dienone is 11. The van der Waals surface area contributed by atoms with E-state index in [-0.39, 0.29) is 120 Å². The molecular weight excluding hydrogens is 985 g/mol. The molecule has 0 saturated carbocycles. The molecule has 20 heteroatoms. The van der Waals surface area contributed by atoms with Crippen molar-refractivity contribution in [3.05, 3.63) is 91.5 Å². The molecule has 0 aromatic rings. The lowest BCUT2D eigenvalue weighted by Gasteiger charge is -2.32. The summed E-state index contributed by atoms with van der Waals surface area (Å²) in [5.74, 6) is -3.52. The second kappa shape index (κ2) is 26.8. The van der Waals surface area contributed by atoms with Crippen molar-refractivity contribution in [1.29, 1.82) is 0 Å². The number of nitrogens with zero attached hydrogens (tertiary/aromatic N) is 7. The van der Waals surface area contributed by atoms with Gasteiger partial charge in [-0.15, -0.1) is 0 Å². The van der Waals surface area contributed by atoms with Gasteiger partial charge < -0.3 is 41.1 Å². The van der Waals surface area contributed by atoms with Crippen molar-refractivity contribution in [2.24, 2.45) is 26.8 Å². The molecule has 7 rings (SSSR count). The molecule has 2 amide bonds. The molecule has 0 radical (unpaired) electrons. The largest absolute Gasteiger partial charge is 0.511 e. The summed E-state index contributed by atoms with van der Waals surface area (Å²) < 4.78 is 6.51. The van der Waals surface area contributed by atoms with Gasteiger partial charge in [0.05, 0.1) is 66.5 Å². The lowest BCUT2D eigenvalue weighted by atomic mass is 9.86. The van der Waals surface area contributed by atoms with E-state index in [1.807, 2.05) is 17.9 Å². The minimum absolute atomic E-state index is 0.0376. The molecule has 1 aliphatic carbocycles. The Hall–Kier alpha value is -6.32. The van der Waals surface area contributed by atoms with E-state index in [0.29, 0.717) is 32.5 Å². The van der Waals surface area contributed by atoms with Gasteiger partial charge >= 0.3 is 17.9 Å². The Morgan fingerprint density at radius 2 is 1.27 bits per heavy atom. The summed E-state index contributed by atoms with van der Waals surface area (Å²) in [4.78, 5) is 84.6. The van der Waals surface area contributed by atoms with E-state index >= 15 is 0 Å². The first kappa shape index (κ1) is 58.4. The molecule has 0 aromatic carbocycles. The highest BCUT2D eigenvalue weighted by atomic mass is 16.5. The van der Waals surface area contributed by atoms with Crippen LogP contribution in [0.25, 0.3) is 0 Å². The van der Waals surface area contributed by atoms with E-state index in [2.05, 4.69) is 69.6 Å². The second-order valence-corrected chi connectivity index (χ2v) is 21.1. The summed E-state index contributed by atoms with van der Waals surface area (Å²) >= 11 is 0. The van der Waals surface area contributed by atoms with Crippen LogP contribution in [-0.2, 0) is 28.7 Å². The molecule has 6 heterocycles. The monoisotopic (exact) mass is 1060 g/mol. The number of hydrogen-bond donors (Lipinski definition) is 7. The standard InChI is InChI=1S/C57H80N10O10/c1-8-10-11-12-25-77-38(7)54-36(5)44-27-43-35(4)40(56(62-43)41-26-48(68)55-37(6)45(63-57(41)55)28-46-39(9-2)34(3)42(60-46)29-47(54)61-44)13-14-49(69)58-15-16-59-50(70)30-64-17-19-65(31-51(71)72)21-23-67(33-53(75)76)24-22-66(20-18-64)32-52(73)74/h27-29,35,38,40,62,68H,8-26,30-33H2,1-7H3,(H,58,69)(H,59,70)(H,71,72)(H,73,74)(H,75,76)/t35?,38?,40-/m0/s1. The van der Waals surface area contributed by atoms with Crippen molar-refractivity contribution in [1.82, 2.24) is 35.6 Å². The van der Waals surface area contributed by atoms with Crippen LogP contribution >= 0.6 is 0 Å². The second-order valence-electron chi connectivity index (χ2n) is 21.1. The molecule has 0 aromatic heterocycles. The van der Waals surface area contributed by atoms with Crippen LogP contribution in [-0.4, -0.2) is 191 Å². The third-order valence-corrected chi connectivity index (χ3v) is 15.7. The zero-order valence-corrected chi connectivity index (χ0v) is 46.1. The van der Waals surface area contributed by atoms with Gasteiger partial charge in [-0.25, -0.2) is 15.0 Å². The zero-order valence-electron chi connectivity index (χ0n) is 46.1. The van der Waals surface area contributed by atoms with Crippen LogP contribution in [0.2, 0.25) is 0 Å². The molecule has 20 nitrogen and oxygen atoms in total. The van der Waals surface area contributed by atoms with Crippen molar-refractivity contribution in [3.63, 3.8) is 0 Å². The summed E-state index contributed by atoms with van der Waals surface area (Å²) in [5, 5.41) is 49.9. The smallest absolute Gasteiger partial charge is 0.317 e. The number of aliphatic hydroxyl groups is 1. The number of nitrogens with one attached hydrogen (secondary N) is 3. The molecule has 0 spiro atoms. The number of rotatable bonds is 22. The fourth-order valence-electron chi connectivity index (χ4n) is 11.3. The number of carboxylic acids is 3. The number of amides is 2. The number of unbranched alkanes of at least 4 members (excludes halogenated alkanes) is 3. The van der Waals surface area contributed by atoms with Crippen LogP contribution in [0.1, 0.15) is 99.8 Å². The highest BCUT2D eigenvalue weighted by Gasteiger charge is 2.41. The van der Waals surface area contributed by atoms with Crippen LogP contribution in [0.4, 0.5) is 0 Å². The molecule has 2 fully saturated rings. The number of fused-ring (bicyclic) bond motifs is 5. The number of ether oxygens (including phenoxy) is 1. The first-order valence-corrected chi connectivity index (χ1v) is 27.5. The first-order valence-electron chi connectivity index (χ1n) is 27.5.